The molecule has 0 spiro atoms. The molecule has 1 amide bonds. The number of amides is 1. The summed E-state index contributed by atoms with van der Waals surface area (Å²) in [7, 11) is 4.16. The third-order valence-corrected chi connectivity index (χ3v) is 9.94. The van der Waals surface area contributed by atoms with Crippen LogP contribution in [0.2, 0.25) is 0 Å². The average Bonchev–Trinajstić information content (AvgIpc) is 3.67. The Morgan fingerprint density at radius 3 is 2.27 bits per heavy atom. The molecule has 10 heteroatoms. The lowest BCUT2D eigenvalue weighted by Gasteiger charge is -2.38. The van der Waals surface area contributed by atoms with Crippen LogP contribution in [0, 0.1) is 12.8 Å². The molecule has 268 valence electrons. The molecule has 0 bridgehead atoms. The molecule has 7 rings (SSSR count). The molecule has 1 saturated heterocycles. The number of rotatable bonds is 6. The maximum Gasteiger partial charge on any atom is 0.316 e. The van der Waals surface area contributed by atoms with Crippen molar-refractivity contribution in [1.82, 2.24) is 19.0 Å². The van der Waals surface area contributed by atoms with E-state index in [1.54, 1.807) is 18.3 Å². The third-order valence-electron chi connectivity index (χ3n) is 9.94. The summed E-state index contributed by atoms with van der Waals surface area (Å²) in [6, 6.07) is 24.6. The normalized spacial score (nSPS) is 16.6. The van der Waals surface area contributed by atoms with Crippen LogP contribution in [0.5, 0.6) is 5.75 Å². The first-order valence-electron chi connectivity index (χ1n) is 17.6. The van der Waals surface area contributed by atoms with Crippen molar-refractivity contribution >= 4 is 34.3 Å². The van der Waals surface area contributed by atoms with Crippen LogP contribution in [0.25, 0.3) is 10.9 Å². The van der Waals surface area contributed by atoms with E-state index in [0.29, 0.717) is 12.3 Å². The van der Waals surface area contributed by atoms with Crippen molar-refractivity contribution in [2.75, 3.05) is 32.1 Å². The molecule has 10 nitrogen and oxygen atoms in total. The van der Waals surface area contributed by atoms with Gasteiger partial charge < -0.3 is 29.2 Å². The molecule has 0 radical (unpaired) electrons. The lowest BCUT2D eigenvalue weighted by molar-refractivity contribution is -0.152. The van der Waals surface area contributed by atoms with Crippen molar-refractivity contribution in [1.29, 1.82) is 0 Å². The fourth-order valence-electron chi connectivity index (χ4n) is 7.05. The van der Waals surface area contributed by atoms with Gasteiger partial charge in [0.25, 0.3) is 0 Å². The van der Waals surface area contributed by atoms with Crippen LogP contribution in [-0.4, -0.2) is 68.5 Å². The van der Waals surface area contributed by atoms with Gasteiger partial charge in [-0.25, -0.2) is 4.98 Å². The number of esters is 1. The van der Waals surface area contributed by atoms with Crippen molar-refractivity contribution in [3.63, 3.8) is 0 Å². The number of phenolic OH excluding ortho intramolecular Hbond substituents is 1. The zero-order chi connectivity index (χ0) is 36.5. The lowest BCUT2D eigenvalue weighted by Crippen LogP contribution is -2.47. The number of aromatic hydroxyl groups is 1. The van der Waals surface area contributed by atoms with Crippen LogP contribution in [-0.2, 0) is 39.8 Å². The summed E-state index contributed by atoms with van der Waals surface area (Å²) < 4.78 is 9.58. The molecule has 1 unspecified atom stereocenters. The molecule has 1 fully saturated rings. The number of ether oxygens (including phenoxy) is 1. The number of aryl methyl sites for hydroxylation is 2. The van der Waals surface area contributed by atoms with Gasteiger partial charge in [-0.2, -0.15) is 0 Å². The molecule has 3 heterocycles. The number of hydrogen-bond donors (Lipinski definition) is 2. The van der Waals surface area contributed by atoms with Crippen LogP contribution >= 0.6 is 0 Å². The summed E-state index contributed by atoms with van der Waals surface area (Å²) in [6.07, 6.45) is 7.31. The Morgan fingerprint density at radius 2 is 1.65 bits per heavy atom. The van der Waals surface area contributed by atoms with Crippen LogP contribution in [0.4, 0.5) is 5.69 Å². The van der Waals surface area contributed by atoms with Gasteiger partial charge in [0.2, 0.25) is 5.91 Å². The largest absolute Gasteiger partial charge is 0.508 e. The number of anilines is 1. The number of piperidine rings is 1. The van der Waals surface area contributed by atoms with E-state index in [-0.39, 0.29) is 29.3 Å². The first-order chi connectivity index (χ1) is 24.5. The second-order valence-electron chi connectivity index (χ2n) is 13.3. The summed E-state index contributed by atoms with van der Waals surface area (Å²) in [5.74, 6) is 1.31. The summed E-state index contributed by atoms with van der Waals surface area (Å²) in [6.45, 7) is 8.34. The number of benzene rings is 3. The molecular weight excluding hydrogens is 642 g/mol. The van der Waals surface area contributed by atoms with Gasteiger partial charge in [-0.1, -0.05) is 48.5 Å². The van der Waals surface area contributed by atoms with Gasteiger partial charge in [0.05, 0.1) is 12.0 Å². The molecule has 51 heavy (non-hydrogen) atoms. The molecule has 5 aromatic rings. The molecule has 1 aliphatic carbocycles. The highest BCUT2D eigenvalue weighted by Crippen LogP contribution is 2.37. The Bertz CT molecular complexity index is 1940. The van der Waals surface area contributed by atoms with E-state index in [4.69, 9.17) is 9.84 Å². The first-order valence-corrected chi connectivity index (χ1v) is 17.6. The second-order valence-corrected chi connectivity index (χ2v) is 13.3. The number of Topliss-reactive ketones (excluding diaryl/α,β-unsaturated/α-hetero) is 1. The summed E-state index contributed by atoms with van der Waals surface area (Å²) >= 11 is 0. The SMILES string of the molecule is CC(=O)Nc1ccc(O)cc1.CCOC(=O)C1(c2ccccc2)CCN(C)CC1.Cc1nccn1CC1CCc2c(c3ccccc3n2C)C1=O. The second kappa shape index (κ2) is 16.7. The molecule has 2 N–H and O–H groups in total. The zero-order valence-corrected chi connectivity index (χ0v) is 30.3. The number of nitrogens with zero attached hydrogens (tertiary/aromatic N) is 4. The number of phenols is 1. The van der Waals surface area contributed by atoms with Crippen LogP contribution in [0.3, 0.4) is 0 Å². The quantitative estimate of drug-likeness (QED) is 0.150. The number of para-hydroxylation sites is 1. The summed E-state index contributed by atoms with van der Waals surface area (Å²) in [4.78, 5) is 42.5. The van der Waals surface area contributed by atoms with Crippen LogP contribution in [0.15, 0.2) is 91.3 Å². The van der Waals surface area contributed by atoms with Gasteiger partial charge in [-0.15, -0.1) is 0 Å². The fourth-order valence-corrected chi connectivity index (χ4v) is 7.05. The number of fused-ring (bicyclic) bond motifs is 3. The van der Waals surface area contributed by atoms with Gasteiger partial charge in [0, 0.05) is 66.7 Å². The number of carbonyl (C=O) groups is 3. The van der Waals surface area contributed by atoms with Gasteiger partial charge in [-0.05, 0) is 95.6 Å². The minimum Gasteiger partial charge on any atom is -0.508 e. The molecule has 0 saturated carbocycles. The predicted octanol–water partition coefficient (Wildman–Crippen LogP) is 6.69. The monoisotopic (exact) mass is 691 g/mol. The predicted molar refractivity (Wildman–Crippen MR) is 200 cm³/mol. The molecule has 2 aliphatic rings. The molecule has 2 aromatic heterocycles. The number of likely N-dealkylation sites (tertiary alicyclic amines) is 1. The lowest BCUT2D eigenvalue weighted by atomic mass is 9.73. The summed E-state index contributed by atoms with van der Waals surface area (Å²) in [5.41, 5.74) is 4.62. The van der Waals surface area contributed by atoms with Crippen molar-refractivity contribution in [3.8, 4) is 5.75 Å². The number of carbonyl (C=O) groups excluding carboxylic acids is 3. The maximum atomic E-state index is 13.0. The molecule has 3 aromatic carbocycles. The number of aromatic nitrogens is 3. The van der Waals surface area contributed by atoms with Crippen LogP contribution < -0.4 is 5.32 Å². The molecule has 1 atom stereocenters. The van der Waals surface area contributed by atoms with E-state index in [1.165, 1.54) is 24.8 Å². The third kappa shape index (κ3) is 8.57. The van der Waals surface area contributed by atoms with Gasteiger partial charge >= 0.3 is 5.97 Å². The zero-order valence-electron chi connectivity index (χ0n) is 30.3. The minimum absolute atomic E-state index is 0.0474. The molecule has 1 aliphatic heterocycles. The van der Waals surface area contributed by atoms with Crippen molar-refractivity contribution < 1.29 is 24.2 Å². The topological polar surface area (TPSA) is 119 Å². The van der Waals surface area contributed by atoms with Crippen LogP contribution in [0.1, 0.15) is 60.5 Å². The summed E-state index contributed by atoms with van der Waals surface area (Å²) in [5, 5.41) is 12.6. The Kier molecular flexibility index (Phi) is 12.1. The van der Waals surface area contributed by atoms with E-state index in [2.05, 4.69) is 50.6 Å². The van der Waals surface area contributed by atoms with E-state index in [1.807, 2.05) is 62.5 Å². The van der Waals surface area contributed by atoms with Gasteiger partial charge in [0.1, 0.15) is 11.6 Å². The highest BCUT2D eigenvalue weighted by molar-refractivity contribution is 6.11. The standard InChI is InChI=1S/C18H19N3O.C15H21NO2.C8H9NO2/c1-12-19-9-10-21(12)11-13-7-8-16-17(18(13)22)14-5-3-4-6-15(14)20(16)2;1-3-18-14(17)15(9-11-16(2)12-10-15)13-7-5-4-6-8-13;1-6(10)9-7-2-4-8(11)5-3-7/h3-6,9-10,13H,7-8,11H2,1-2H3;4-8H,3,9-12H2,1-2H3;2-5,11H,1H3,(H,9,10). The first kappa shape index (κ1) is 37.0. The van der Waals surface area contributed by atoms with Gasteiger partial charge in [-0.3, -0.25) is 14.4 Å². The fraction of sp³-hybridized carbons (Fsp3) is 0.366. The average molecular weight is 692 g/mol. The number of nitrogens with one attached hydrogen (secondary N) is 1. The van der Waals surface area contributed by atoms with E-state index >= 15 is 0 Å². The Balaban J connectivity index is 0.000000157. The minimum atomic E-state index is -0.441. The van der Waals surface area contributed by atoms with Crippen molar-refractivity contribution in [3.05, 3.63) is 114 Å². The van der Waals surface area contributed by atoms with Crippen molar-refractivity contribution in [2.24, 2.45) is 13.0 Å². The maximum absolute atomic E-state index is 13.0. The van der Waals surface area contributed by atoms with E-state index < -0.39 is 5.41 Å². The highest BCUT2D eigenvalue weighted by Gasteiger charge is 2.43. The van der Waals surface area contributed by atoms with E-state index in [0.717, 1.165) is 73.2 Å². The number of ketones is 1. The highest BCUT2D eigenvalue weighted by atomic mass is 16.5. The Morgan fingerprint density at radius 1 is 0.980 bits per heavy atom. The number of imidazole rings is 1. The van der Waals surface area contributed by atoms with E-state index in [9.17, 15) is 14.4 Å². The number of hydrogen-bond acceptors (Lipinski definition) is 7. The van der Waals surface area contributed by atoms with Crippen molar-refractivity contribution in [2.45, 2.75) is 58.4 Å². The Labute approximate surface area is 300 Å². The Hall–Kier alpha value is -5.22. The van der Waals surface area contributed by atoms with Gasteiger partial charge in [0.15, 0.2) is 5.78 Å². The smallest absolute Gasteiger partial charge is 0.316 e. The molecular formula is C41H49N5O5.